The van der Waals surface area contributed by atoms with E-state index >= 15 is 0 Å². The molecule has 6 rings (SSSR count). The summed E-state index contributed by atoms with van der Waals surface area (Å²) in [5, 5.41) is 28.0. The van der Waals surface area contributed by atoms with Crippen LogP contribution in [0, 0.1) is 0 Å². The number of hydrogen-bond acceptors (Lipinski definition) is 8. The van der Waals surface area contributed by atoms with Gasteiger partial charge in [-0.15, -0.1) is 20.5 Å². The number of para-hydroxylation sites is 2. The SMILES string of the molecule is O=c1[nH][nH]c(-c2ccccc2)c1N=Nc1ccccc1OCCCOc1ccccc1N=Nc1c(-c2ccccc2)[nH][nH]c1=O. The van der Waals surface area contributed by atoms with Gasteiger partial charge in [-0.2, -0.15) is 0 Å². The average Bonchev–Trinajstić information content (AvgIpc) is 3.65. The number of rotatable bonds is 12. The van der Waals surface area contributed by atoms with Crippen molar-refractivity contribution in [2.24, 2.45) is 20.5 Å². The lowest BCUT2D eigenvalue weighted by molar-refractivity contribution is 0.248. The Morgan fingerprint density at radius 1 is 0.467 bits per heavy atom. The van der Waals surface area contributed by atoms with Gasteiger partial charge < -0.3 is 9.47 Å². The van der Waals surface area contributed by atoms with E-state index in [9.17, 15) is 9.59 Å². The molecule has 0 aliphatic rings. The van der Waals surface area contributed by atoms with E-state index in [-0.39, 0.29) is 22.5 Å². The molecule has 0 amide bonds. The highest BCUT2D eigenvalue weighted by atomic mass is 16.5. The van der Waals surface area contributed by atoms with Gasteiger partial charge in [0, 0.05) is 17.5 Å². The van der Waals surface area contributed by atoms with E-state index in [1.54, 1.807) is 24.3 Å². The van der Waals surface area contributed by atoms with Crippen molar-refractivity contribution in [3.63, 3.8) is 0 Å². The Hall–Kier alpha value is -6.30. The third-order valence-corrected chi connectivity index (χ3v) is 6.68. The van der Waals surface area contributed by atoms with E-state index in [4.69, 9.17) is 9.47 Å². The summed E-state index contributed by atoms with van der Waals surface area (Å²) in [5.74, 6) is 1.05. The lowest BCUT2D eigenvalue weighted by Gasteiger charge is -2.10. The molecule has 6 aromatic rings. The van der Waals surface area contributed by atoms with Gasteiger partial charge in [0.25, 0.3) is 11.1 Å². The van der Waals surface area contributed by atoms with Crippen LogP contribution in [0.4, 0.5) is 22.7 Å². The van der Waals surface area contributed by atoms with Gasteiger partial charge in [0.2, 0.25) is 0 Å². The highest BCUT2D eigenvalue weighted by Gasteiger charge is 2.13. The topological polar surface area (TPSA) is 165 Å². The number of aromatic nitrogens is 4. The van der Waals surface area contributed by atoms with Crippen molar-refractivity contribution in [2.75, 3.05) is 13.2 Å². The highest BCUT2D eigenvalue weighted by molar-refractivity contribution is 5.72. The molecule has 12 nitrogen and oxygen atoms in total. The van der Waals surface area contributed by atoms with E-state index < -0.39 is 0 Å². The molecule has 0 bridgehead atoms. The normalized spacial score (nSPS) is 11.4. The van der Waals surface area contributed by atoms with Gasteiger partial charge in [0.15, 0.2) is 11.4 Å². The molecule has 224 valence electrons. The van der Waals surface area contributed by atoms with Crippen LogP contribution in [0.2, 0.25) is 0 Å². The number of nitrogens with zero attached hydrogens (tertiary/aromatic N) is 4. The Morgan fingerprint density at radius 2 is 0.867 bits per heavy atom. The second-order valence-electron chi connectivity index (χ2n) is 9.72. The van der Waals surface area contributed by atoms with Crippen LogP contribution in [-0.4, -0.2) is 33.6 Å². The number of benzene rings is 4. The highest BCUT2D eigenvalue weighted by Crippen LogP contribution is 2.32. The van der Waals surface area contributed by atoms with Gasteiger partial charge in [-0.3, -0.25) is 30.0 Å². The first kappa shape index (κ1) is 28.8. The van der Waals surface area contributed by atoms with E-state index in [1.165, 1.54) is 0 Å². The molecule has 12 heteroatoms. The number of H-pyrrole nitrogens is 4. The second kappa shape index (κ2) is 13.8. The lowest BCUT2D eigenvalue weighted by atomic mass is 10.1. The molecule has 0 saturated carbocycles. The number of ether oxygens (including phenoxy) is 2. The van der Waals surface area contributed by atoms with Gasteiger partial charge in [-0.1, -0.05) is 84.9 Å². The smallest absolute Gasteiger partial charge is 0.292 e. The molecular weight excluding hydrogens is 572 g/mol. The summed E-state index contributed by atoms with van der Waals surface area (Å²) in [4.78, 5) is 24.8. The molecule has 45 heavy (non-hydrogen) atoms. The monoisotopic (exact) mass is 600 g/mol. The van der Waals surface area contributed by atoms with E-state index in [0.717, 1.165) is 11.1 Å². The van der Waals surface area contributed by atoms with Crippen molar-refractivity contribution in [1.29, 1.82) is 0 Å². The van der Waals surface area contributed by atoms with Crippen molar-refractivity contribution in [3.05, 3.63) is 130 Å². The van der Waals surface area contributed by atoms with Gasteiger partial charge in [-0.25, -0.2) is 0 Å². The second-order valence-corrected chi connectivity index (χ2v) is 9.72. The van der Waals surface area contributed by atoms with Gasteiger partial charge in [0.1, 0.15) is 22.9 Å². The lowest BCUT2D eigenvalue weighted by Crippen LogP contribution is -2.05. The zero-order valence-corrected chi connectivity index (χ0v) is 23.9. The Labute approximate surface area is 256 Å². The van der Waals surface area contributed by atoms with E-state index in [0.29, 0.717) is 53.9 Å². The molecular formula is C33H28N8O4. The Balaban J connectivity index is 1.07. The number of azo groups is 2. The van der Waals surface area contributed by atoms with E-state index in [2.05, 4.69) is 40.9 Å². The molecule has 4 N–H and O–H groups in total. The van der Waals surface area contributed by atoms with Gasteiger partial charge in [-0.05, 0) is 24.3 Å². The summed E-state index contributed by atoms with van der Waals surface area (Å²) in [5.41, 5.74) is 3.31. The number of nitrogens with one attached hydrogen (secondary N) is 4. The van der Waals surface area contributed by atoms with Crippen LogP contribution < -0.4 is 20.6 Å². The largest absolute Gasteiger partial charge is 0.491 e. The molecule has 0 aliphatic carbocycles. The summed E-state index contributed by atoms with van der Waals surface area (Å²) in [6.45, 7) is 0.685. The van der Waals surface area contributed by atoms with Crippen molar-refractivity contribution < 1.29 is 9.47 Å². The third-order valence-electron chi connectivity index (χ3n) is 6.68. The minimum Gasteiger partial charge on any atom is -0.491 e. The Morgan fingerprint density at radius 3 is 1.31 bits per heavy atom. The van der Waals surface area contributed by atoms with E-state index in [1.807, 2.05) is 84.9 Å². The first-order chi connectivity index (χ1) is 22.2. The maximum atomic E-state index is 12.4. The summed E-state index contributed by atoms with van der Waals surface area (Å²) < 4.78 is 11.9. The van der Waals surface area contributed by atoms with Crippen molar-refractivity contribution in [1.82, 2.24) is 20.4 Å². The number of aromatic amines is 4. The summed E-state index contributed by atoms with van der Waals surface area (Å²) >= 11 is 0. The van der Waals surface area contributed by atoms with Crippen LogP contribution >= 0.6 is 0 Å². The van der Waals surface area contributed by atoms with Crippen LogP contribution in [0.1, 0.15) is 6.42 Å². The molecule has 0 radical (unpaired) electrons. The van der Waals surface area contributed by atoms with Gasteiger partial charge >= 0.3 is 0 Å². The molecule has 0 unspecified atom stereocenters. The molecule has 0 spiro atoms. The third kappa shape index (κ3) is 6.86. The minimum atomic E-state index is -0.371. The van der Waals surface area contributed by atoms with Crippen LogP contribution in [0.25, 0.3) is 22.5 Å². The standard InChI is InChI=1S/C33H28N8O4/c42-32-30(28(36-40-32)22-12-3-1-4-13-22)38-34-24-16-7-9-18-26(24)44-20-11-21-45-27-19-10-8-17-25(27)35-39-31-29(37-41-33(31)43)23-14-5-2-6-15-23/h1-10,12-19H,11,20-21H2,(H2,36,40,42)(H2,37,41,43). The zero-order chi connectivity index (χ0) is 30.8. The number of hydrogen-bond donors (Lipinski definition) is 4. The average molecular weight is 601 g/mol. The maximum absolute atomic E-state index is 12.4. The molecule has 2 heterocycles. The molecule has 0 saturated heterocycles. The molecule has 0 atom stereocenters. The molecule has 4 aromatic carbocycles. The summed E-state index contributed by atoms with van der Waals surface area (Å²) in [6.07, 6.45) is 0.558. The van der Waals surface area contributed by atoms with Crippen molar-refractivity contribution in [2.45, 2.75) is 6.42 Å². The first-order valence-electron chi connectivity index (χ1n) is 14.2. The Bertz CT molecular complexity index is 1900. The minimum absolute atomic E-state index is 0.178. The van der Waals surface area contributed by atoms with Crippen LogP contribution in [-0.2, 0) is 0 Å². The summed E-state index contributed by atoms with van der Waals surface area (Å²) in [6, 6.07) is 33.2. The Kier molecular flexibility index (Phi) is 8.82. The fourth-order valence-electron chi connectivity index (χ4n) is 4.48. The maximum Gasteiger partial charge on any atom is 0.292 e. The zero-order valence-electron chi connectivity index (χ0n) is 23.9. The van der Waals surface area contributed by atoms with Crippen molar-refractivity contribution >= 4 is 22.7 Å². The van der Waals surface area contributed by atoms with Crippen LogP contribution in [0.15, 0.2) is 139 Å². The summed E-state index contributed by atoms with van der Waals surface area (Å²) in [7, 11) is 0. The van der Waals surface area contributed by atoms with Crippen LogP contribution in [0.5, 0.6) is 11.5 Å². The molecule has 0 aliphatic heterocycles. The first-order valence-corrected chi connectivity index (χ1v) is 14.2. The molecule has 2 aromatic heterocycles. The fraction of sp³-hybridized carbons (Fsp3) is 0.0909. The fourth-order valence-corrected chi connectivity index (χ4v) is 4.48. The van der Waals surface area contributed by atoms with Crippen LogP contribution in [0.3, 0.4) is 0 Å². The quantitative estimate of drug-likeness (QED) is 0.0834. The predicted octanol–water partition coefficient (Wildman–Crippen LogP) is 7.73. The van der Waals surface area contributed by atoms with Crippen molar-refractivity contribution in [3.8, 4) is 34.0 Å². The van der Waals surface area contributed by atoms with Gasteiger partial charge in [0.05, 0.1) is 24.6 Å². The molecule has 0 fully saturated rings. The predicted molar refractivity (Wildman–Crippen MR) is 171 cm³/mol.